The molecule has 648 valence electrons. The molecule has 14 N–H and O–H groups in total. The molecule has 2 unspecified atom stereocenters. The highest BCUT2D eigenvalue weighted by Gasteiger charge is 2.41. The number of piperidine rings is 1. The minimum atomic E-state index is -1.74. The average molecular weight is 1700 g/mol. The van der Waals surface area contributed by atoms with Crippen LogP contribution in [0.25, 0.3) is 0 Å². The van der Waals surface area contributed by atoms with Gasteiger partial charge in [-0.25, -0.2) is 24.2 Å². The number of carbonyl (C=O) groups is 16. The van der Waals surface area contributed by atoms with Crippen molar-refractivity contribution >= 4 is 128 Å². The summed E-state index contributed by atoms with van der Waals surface area (Å²) in [5.41, 5.74) is 1.84. The SMILES string of the molecule is CCCC(=O)OCC(C(=O)[C@@H](CC(=O)[C@H]1CCCCN1C)C(C)CC)[C@H](C[C@@H](C)c1nc(C(=O)N[C@@H](Cc2ccc(O)cc2)C[C@H](C)C(=O)NCC(=O)OCCSSC[C@H](NC(=O)[C@H](CC(=O)O)CC(=O)[C@H](CC(=O)O)NC(=O)Cc2ccc(CNC(=O)NCCCC[C@H](NC(=O)NCCCC(=O)O)C(=O)O)cc2)C(=O)O)cs1)C(C)C. The summed E-state index contributed by atoms with van der Waals surface area (Å²) in [7, 11) is 3.93. The number of ketones is 3. The van der Waals surface area contributed by atoms with Crippen LogP contribution in [0.4, 0.5) is 9.59 Å². The van der Waals surface area contributed by atoms with Gasteiger partial charge < -0.3 is 82.6 Å². The number of phenolic OH excluding ortho intramolecular Hbond substituents is 1. The first-order valence-electron chi connectivity index (χ1n) is 39.5. The predicted octanol–water partition coefficient (Wildman–Crippen LogP) is 7.07. The summed E-state index contributed by atoms with van der Waals surface area (Å²) in [6.07, 6.45) is 2.49. The fraction of sp³-hybridized carbons (Fsp3) is 0.613. The van der Waals surface area contributed by atoms with Gasteiger partial charge in [0.25, 0.3) is 5.91 Å². The van der Waals surface area contributed by atoms with Crippen molar-refractivity contribution in [2.24, 2.45) is 41.4 Å². The third-order valence-electron chi connectivity index (χ3n) is 20.1. The molecule has 34 nitrogen and oxygen atoms in total. The quantitative estimate of drug-likeness (QED) is 0.0153. The molecule has 0 saturated carbocycles. The van der Waals surface area contributed by atoms with E-state index in [0.717, 1.165) is 53.0 Å². The molecule has 0 aliphatic carbocycles. The van der Waals surface area contributed by atoms with E-state index in [-0.39, 0.29) is 148 Å². The maximum atomic E-state index is 15.0. The molecular weight excluding hydrogens is 1580 g/mol. The van der Waals surface area contributed by atoms with Gasteiger partial charge in [0, 0.05) is 86.0 Å². The zero-order valence-electron chi connectivity index (χ0n) is 67.7. The van der Waals surface area contributed by atoms with E-state index < -0.39 is 157 Å². The maximum Gasteiger partial charge on any atom is 0.327 e. The third-order valence-corrected chi connectivity index (χ3v) is 23.6. The number of urea groups is 2. The Labute approximate surface area is 693 Å². The highest BCUT2D eigenvalue weighted by Crippen LogP contribution is 2.38. The number of aromatic hydroxyl groups is 1. The Bertz CT molecular complexity index is 3810. The Balaban J connectivity index is 1.26. The first-order valence-corrected chi connectivity index (χ1v) is 42.9. The Kier molecular flexibility index (Phi) is 45.0. The number of thiazole rings is 1. The lowest BCUT2D eigenvalue weighted by Crippen LogP contribution is -2.48. The van der Waals surface area contributed by atoms with Crippen LogP contribution < -0.4 is 42.5 Å². The standard InChI is InChI=1S/C80H116N10O24S3/c1-9-16-70(101)114-43-58(72(103)57(47(5)10-2)39-65(93)63-18-12-14-30-90(63)8)56(46(3)4)34-49(7)76-88-61(44-115-76)75(106)85-54(35-50-24-26-55(91)27-25-50)33-48(6)73(104)83-42-71(102)113-31-32-116-117-45-62(78(109)110)87-74(105)53(38-68(97)98)37-64(92)60(40-69(99)100)86-66(94)36-51-20-22-52(23-21-51)41-84-79(111)81-28-13-11-17-59(77(107)108)89-80(112)82-29-15-19-67(95)96/h20-27,44,46-49,53-54,56-60,62-63,91H,9-19,28-43,45H2,1-8H3,(H,83,104)(H,85,106)(H,86,94)(H,87,105)(H,95,96)(H,97,98)(H,99,100)(H,107,108)(H,109,110)(H2,81,84,111)(H2,82,89,112)/t47?,48-,49+,53-,54+,56+,57-,58?,59-,60-,62-,63+/m0/s1. The van der Waals surface area contributed by atoms with Gasteiger partial charge in [-0.1, -0.05) is 119 Å². The number of carboxylic acids is 5. The maximum absolute atomic E-state index is 15.0. The van der Waals surface area contributed by atoms with Gasteiger partial charge in [-0.3, -0.25) is 62.4 Å². The van der Waals surface area contributed by atoms with E-state index >= 15 is 4.79 Å². The number of aliphatic carboxylic acids is 5. The number of Topliss-reactive ketones (excluding diaryl/α,β-unsaturated/α-hetero) is 3. The largest absolute Gasteiger partial charge is 0.508 e. The number of nitrogens with zero attached hydrogens (tertiary/aromatic N) is 2. The number of hydrogen-bond acceptors (Lipinski definition) is 24. The summed E-state index contributed by atoms with van der Waals surface area (Å²) in [5, 5.41) is 79.9. The third kappa shape index (κ3) is 38.0. The Morgan fingerprint density at radius 3 is 1.92 bits per heavy atom. The van der Waals surface area contributed by atoms with Gasteiger partial charge in [-0.05, 0) is 124 Å². The van der Waals surface area contributed by atoms with E-state index in [1.807, 2.05) is 48.6 Å². The number of ether oxygens (including phenoxy) is 2. The highest BCUT2D eigenvalue weighted by atomic mass is 33.1. The number of hydrogen-bond donors (Lipinski definition) is 14. The average Bonchev–Trinajstić information content (AvgIpc) is 1.77. The molecule has 1 saturated heterocycles. The molecule has 117 heavy (non-hydrogen) atoms. The molecule has 1 aliphatic heterocycles. The Morgan fingerprint density at radius 1 is 0.632 bits per heavy atom. The van der Waals surface area contributed by atoms with E-state index in [1.54, 1.807) is 36.6 Å². The van der Waals surface area contributed by atoms with Crippen LogP contribution in [0, 0.1) is 41.4 Å². The topological polar surface area (TPSA) is 525 Å². The molecule has 0 spiro atoms. The van der Waals surface area contributed by atoms with Crippen LogP contribution in [0.15, 0.2) is 53.9 Å². The normalized spacial score (nSPS) is 15.6. The van der Waals surface area contributed by atoms with Gasteiger partial charge in [-0.15, -0.1) is 11.3 Å². The smallest absolute Gasteiger partial charge is 0.327 e. The van der Waals surface area contributed by atoms with Crippen LogP contribution in [0.2, 0.25) is 0 Å². The van der Waals surface area contributed by atoms with Crippen LogP contribution in [0.1, 0.15) is 196 Å². The summed E-state index contributed by atoms with van der Waals surface area (Å²) in [6, 6.07) is 5.73. The van der Waals surface area contributed by atoms with Crippen LogP contribution in [-0.4, -0.2) is 224 Å². The Hall–Kier alpha value is -9.75. The van der Waals surface area contributed by atoms with E-state index in [4.69, 9.17) is 19.6 Å². The van der Waals surface area contributed by atoms with Gasteiger partial charge in [0.2, 0.25) is 17.7 Å². The second kappa shape index (κ2) is 52.8. The van der Waals surface area contributed by atoms with Gasteiger partial charge in [-0.2, -0.15) is 0 Å². The molecule has 1 aliphatic rings. The summed E-state index contributed by atoms with van der Waals surface area (Å²) in [6.45, 7) is 13.7. The number of carbonyl (C=O) groups excluding carboxylic acids is 11. The number of likely N-dealkylation sites (N-methyl/N-ethyl adjacent to an activating group) is 1. The molecule has 1 fully saturated rings. The number of esters is 2. The number of nitrogens with one attached hydrogen (secondary N) is 8. The minimum Gasteiger partial charge on any atom is -0.508 e. The lowest BCUT2D eigenvalue weighted by Gasteiger charge is -2.36. The molecule has 37 heteroatoms. The fourth-order valence-corrected chi connectivity index (χ4v) is 16.2. The van der Waals surface area contributed by atoms with Crippen LogP contribution in [0.3, 0.4) is 0 Å². The van der Waals surface area contributed by atoms with Crippen molar-refractivity contribution in [3.63, 3.8) is 0 Å². The molecule has 2 heterocycles. The van der Waals surface area contributed by atoms with Gasteiger partial charge in [0.05, 0.1) is 48.2 Å². The number of carboxylic acid groups (broad SMARTS) is 5. The second-order valence-corrected chi connectivity index (χ2v) is 33.4. The van der Waals surface area contributed by atoms with Gasteiger partial charge in [0.1, 0.15) is 49.1 Å². The summed E-state index contributed by atoms with van der Waals surface area (Å²) in [5.74, 6) is -17.0. The predicted molar refractivity (Wildman–Crippen MR) is 435 cm³/mol. The molecule has 8 amide bonds. The fourth-order valence-electron chi connectivity index (χ4n) is 13.3. The van der Waals surface area contributed by atoms with Crippen molar-refractivity contribution in [3.05, 3.63) is 81.3 Å². The monoisotopic (exact) mass is 1700 g/mol. The van der Waals surface area contributed by atoms with Crippen molar-refractivity contribution < 1.29 is 117 Å². The van der Waals surface area contributed by atoms with Crippen LogP contribution >= 0.6 is 32.9 Å². The van der Waals surface area contributed by atoms with Crippen molar-refractivity contribution in [1.82, 2.24) is 52.4 Å². The zero-order chi connectivity index (χ0) is 86.8. The molecule has 4 rings (SSSR count). The molecule has 0 radical (unpaired) electrons. The van der Waals surface area contributed by atoms with E-state index in [2.05, 4.69) is 47.4 Å². The van der Waals surface area contributed by atoms with Crippen molar-refractivity contribution in [2.45, 2.75) is 213 Å². The molecule has 12 atom stereocenters. The van der Waals surface area contributed by atoms with Crippen LogP contribution in [-0.2, 0) is 91.2 Å². The zero-order valence-corrected chi connectivity index (χ0v) is 70.1. The van der Waals surface area contributed by atoms with E-state index in [0.29, 0.717) is 48.2 Å². The highest BCUT2D eigenvalue weighted by molar-refractivity contribution is 8.76. The van der Waals surface area contributed by atoms with Gasteiger partial charge >= 0.3 is 53.8 Å². The van der Waals surface area contributed by atoms with Gasteiger partial charge in [0.15, 0.2) is 11.6 Å². The lowest BCUT2D eigenvalue weighted by molar-refractivity contribution is -0.150. The van der Waals surface area contributed by atoms with E-state index in [9.17, 15) is 97.5 Å². The first kappa shape index (κ1) is 99.6. The number of likely N-dealkylation sites (tertiary alicyclic amines) is 1. The summed E-state index contributed by atoms with van der Waals surface area (Å²) in [4.78, 5) is 213. The second-order valence-electron chi connectivity index (χ2n) is 29.9. The van der Waals surface area contributed by atoms with Crippen molar-refractivity contribution in [1.29, 1.82) is 0 Å². The molecule has 1 aromatic heterocycles. The number of unbranched alkanes of at least 4 members (excludes halogenated alkanes) is 1. The molecule has 0 bridgehead atoms. The number of benzene rings is 2. The van der Waals surface area contributed by atoms with E-state index in [1.165, 1.54) is 35.6 Å². The number of phenols is 1. The number of amides is 8. The minimum absolute atomic E-state index is 0.0188. The molecule has 3 aromatic rings. The number of rotatable bonds is 57. The first-order chi connectivity index (χ1) is 55.5. The summed E-state index contributed by atoms with van der Waals surface area (Å²) < 4.78 is 11.1. The van der Waals surface area contributed by atoms with Crippen LogP contribution in [0.5, 0.6) is 5.75 Å². The molecule has 2 aromatic carbocycles. The van der Waals surface area contributed by atoms with Crippen molar-refractivity contribution in [2.75, 3.05) is 57.9 Å². The molecular formula is C80H116N10O24S3. The summed E-state index contributed by atoms with van der Waals surface area (Å²) >= 11 is 1.28. The lowest BCUT2D eigenvalue weighted by atomic mass is 9.70. The Morgan fingerprint density at radius 2 is 1.29 bits per heavy atom. The van der Waals surface area contributed by atoms with Crippen molar-refractivity contribution in [3.8, 4) is 5.75 Å². The number of aromatic nitrogens is 1.